The van der Waals surface area contributed by atoms with E-state index in [-0.39, 0.29) is 6.61 Å². The van der Waals surface area contributed by atoms with Crippen LogP contribution in [0.3, 0.4) is 0 Å². The van der Waals surface area contributed by atoms with Gasteiger partial charge in [0.15, 0.2) is 0 Å². The Morgan fingerprint density at radius 3 is 2.71 bits per heavy atom. The number of rotatable bonds is 6. The summed E-state index contributed by atoms with van der Waals surface area (Å²) in [4.78, 5) is 1.76. The van der Waals surface area contributed by atoms with Gasteiger partial charge in [-0.1, -0.05) is 0 Å². The van der Waals surface area contributed by atoms with Crippen molar-refractivity contribution in [3.63, 3.8) is 0 Å². The minimum Gasteiger partial charge on any atom is -0.394 e. The topological polar surface area (TPSA) is 43.7 Å². The predicted molar refractivity (Wildman–Crippen MR) is 60.7 cm³/mol. The maximum Gasteiger partial charge on any atom is 0.126 e. The number of likely N-dealkylation sites (N-methyl/N-ethyl adjacent to an activating group) is 1. The van der Waals surface area contributed by atoms with Crippen LogP contribution >= 0.6 is 0 Å². The summed E-state index contributed by atoms with van der Waals surface area (Å²) >= 11 is 0. The van der Waals surface area contributed by atoms with Gasteiger partial charge in [0.2, 0.25) is 0 Å². The molecule has 0 aliphatic rings. The number of aliphatic hydroxyl groups excluding tert-OH is 2. The molecule has 0 saturated heterocycles. The Labute approximate surface area is 99.3 Å². The summed E-state index contributed by atoms with van der Waals surface area (Å²) in [6, 6.07) is 3.36. The molecular formula is C12H17F2NO2. The fraction of sp³-hybridized carbons (Fsp3) is 0.500. The van der Waals surface area contributed by atoms with E-state index in [0.29, 0.717) is 25.1 Å². The van der Waals surface area contributed by atoms with Crippen molar-refractivity contribution in [1.82, 2.24) is 4.90 Å². The van der Waals surface area contributed by atoms with Crippen molar-refractivity contribution >= 4 is 0 Å². The Kier molecular flexibility index (Phi) is 5.47. The van der Waals surface area contributed by atoms with Gasteiger partial charge >= 0.3 is 0 Å². The van der Waals surface area contributed by atoms with E-state index in [9.17, 15) is 13.9 Å². The first-order chi connectivity index (χ1) is 8.02. The molecule has 3 nitrogen and oxygen atoms in total. The van der Waals surface area contributed by atoms with Crippen molar-refractivity contribution in [2.45, 2.75) is 12.5 Å². The molecule has 5 heteroatoms. The van der Waals surface area contributed by atoms with Crippen LogP contribution in [0.4, 0.5) is 8.78 Å². The van der Waals surface area contributed by atoms with Gasteiger partial charge in [-0.2, -0.15) is 0 Å². The summed E-state index contributed by atoms with van der Waals surface area (Å²) in [6.07, 6.45) is -0.449. The summed E-state index contributed by atoms with van der Waals surface area (Å²) in [6.45, 7) is 0.476. The molecule has 0 aromatic heterocycles. The van der Waals surface area contributed by atoms with Gasteiger partial charge in [-0.15, -0.1) is 0 Å². The van der Waals surface area contributed by atoms with Gasteiger partial charge in [-0.25, -0.2) is 8.78 Å². The second-order valence-corrected chi connectivity index (χ2v) is 4.08. The molecule has 1 rings (SSSR count). The van der Waals surface area contributed by atoms with E-state index in [2.05, 4.69) is 0 Å². The van der Waals surface area contributed by atoms with E-state index in [0.717, 1.165) is 12.1 Å². The summed E-state index contributed by atoms with van der Waals surface area (Å²) in [5.41, 5.74) is 0.315. The van der Waals surface area contributed by atoms with Crippen LogP contribution in [0.15, 0.2) is 18.2 Å². The first kappa shape index (κ1) is 14.0. The maximum absolute atomic E-state index is 13.3. The highest BCUT2D eigenvalue weighted by atomic mass is 19.1. The molecule has 0 spiro atoms. The van der Waals surface area contributed by atoms with Crippen molar-refractivity contribution in [2.24, 2.45) is 0 Å². The Bertz CT molecular complexity index is 360. The Hall–Kier alpha value is -1.04. The fourth-order valence-electron chi connectivity index (χ4n) is 1.56. The molecule has 0 amide bonds. The van der Waals surface area contributed by atoms with E-state index < -0.39 is 17.7 Å². The quantitative estimate of drug-likeness (QED) is 0.779. The molecule has 1 atom stereocenters. The number of aliphatic hydroxyl groups is 2. The standard InChI is InChI=1S/C12H17F2NO2/c1-15(7-11(17)8-16)5-4-9-6-10(13)2-3-12(9)14/h2-3,6,11,16-17H,4-5,7-8H2,1H3. The molecule has 0 heterocycles. The Balaban J connectivity index is 2.47. The van der Waals surface area contributed by atoms with Crippen molar-refractivity contribution in [1.29, 1.82) is 0 Å². The van der Waals surface area contributed by atoms with Crippen molar-refractivity contribution in [2.75, 3.05) is 26.7 Å². The summed E-state index contributed by atoms with van der Waals surface area (Å²) in [5.74, 6) is -0.887. The van der Waals surface area contributed by atoms with Crippen LogP contribution in [-0.2, 0) is 6.42 Å². The molecule has 1 aromatic carbocycles. The van der Waals surface area contributed by atoms with E-state index in [1.165, 1.54) is 6.07 Å². The summed E-state index contributed by atoms with van der Waals surface area (Å²) < 4.78 is 26.2. The molecule has 0 aliphatic heterocycles. The average molecular weight is 245 g/mol. The lowest BCUT2D eigenvalue weighted by Gasteiger charge is -2.19. The van der Waals surface area contributed by atoms with Crippen molar-refractivity contribution in [3.8, 4) is 0 Å². The largest absolute Gasteiger partial charge is 0.394 e. The van der Waals surface area contributed by atoms with Gasteiger partial charge in [0.05, 0.1) is 12.7 Å². The highest BCUT2D eigenvalue weighted by molar-refractivity contribution is 5.18. The molecule has 1 unspecified atom stereocenters. The third-order valence-corrected chi connectivity index (χ3v) is 2.50. The normalized spacial score (nSPS) is 13.1. The molecule has 2 N–H and O–H groups in total. The number of halogens is 2. The fourth-order valence-corrected chi connectivity index (χ4v) is 1.56. The lowest BCUT2D eigenvalue weighted by Crippen LogP contribution is -2.32. The Morgan fingerprint density at radius 1 is 1.35 bits per heavy atom. The highest BCUT2D eigenvalue weighted by Gasteiger charge is 2.09. The van der Waals surface area contributed by atoms with Gasteiger partial charge in [-0.05, 0) is 37.2 Å². The van der Waals surface area contributed by atoms with Crippen LogP contribution in [-0.4, -0.2) is 48.0 Å². The van der Waals surface area contributed by atoms with E-state index >= 15 is 0 Å². The average Bonchev–Trinajstić information content (AvgIpc) is 2.30. The van der Waals surface area contributed by atoms with Crippen LogP contribution in [0.5, 0.6) is 0 Å². The number of nitrogens with zero attached hydrogens (tertiary/aromatic N) is 1. The lowest BCUT2D eigenvalue weighted by molar-refractivity contribution is 0.0669. The van der Waals surface area contributed by atoms with Crippen LogP contribution in [0.25, 0.3) is 0 Å². The monoisotopic (exact) mass is 245 g/mol. The molecule has 96 valence electrons. The van der Waals surface area contributed by atoms with E-state index in [4.69, 9.17) is 5.11 Å². The first-order valence-corrected chi connectivity index (χ1v) is 5.44. The van der Waals surface area contributed by atoms with E-state index in [1.54, 1.807) is 11.9 Å². The molecule has 0 fully saturated rings. The SMILES string of the molecule is CN(CCc1cc(F)ccc1F)CC(O)CO. The molecular weight excluding hydrogens is 228 g/mol. The number of benzene rings is 1. The molecule has 0 radical (unpaired) electrons. The lowest BCUT2D eigenvalue weighted by atomic mass is 10.1. The minimum absolute atomic E-state index is 0.299. The Morgan fingerprint density at radius 2 is 2.06 bits per heavy atom. The zero-order chi connectivity index (χ0) is 12.8. The maximum atomic E-state index is 13.3. The van der Waals surface area contributed by atoms with Crippen molar-refractivity contribution < 1.29 is 19.0 Å². The van der Waals surface area contributed by atoms with Gasteiger partial charge in [0, 0.05) is 13.1 Å². The molecule has 1 aromatic rings. The van der Waals surface area contributed by atoms with Crippen LogP contribution in [0.2, 0.25) is 0 Å². The predicted octanol–water partition coefficient (Wildman–Crippen LogP) is 0.792. The summed E-state index contributed by atoms with van der Waals surface area (Å²) in [7, 11) is 1.75. The summed E-state index contributed by atoms with van der Waals surface area (Å²) in [5, 5.41) is 17.9. The molecule has 0 bridgehead atoms. The van der Waals surface area contributed by atoms with Gasteiger partial charge in [0.25, 0.3) is 0 Å². The zero-order valence-electron chi connectivity index (χ0n) is 9.74. The van der Waals surface area contributed by atoms with Gasteiger partial charge in [0.1, 0.15) is 11.6 Å². The van der Waals surface area contributed by atoms with Gasteiger partial charge in [-0.3, -0.25) is 0 Å². The van der Waals surface area contributed by atoms with Crippen molar-refractivity contribution in [3.05, 3.63) is 35.4 Å². The third-order valence-electron chi connectivity index (χ3n) is 2.50. The number of hydrogen-bond acceptors (Lipinski definition) is 3. The van der Waals surface area contributed by atoms with Crippen LogP contribution < -0.4 is 0 Å². The molecule has 17 heavy (non-hydrogen) atoms. The molecule has 0 aliphatic carbocycles. The van der Waals surface area contributed by atoms with Crippen LogP contribution in [0, 0.1) is 11.6 Å². The smallest absolute Gasteiger partial charge is 0.126 e. The zero-order valence-corrected chi connectivity index (χ0v) is 9.74. The van der Waals surface area contributed by atoms with Gasteiger partial charge < -0.3 is 15.1 Å². The van der Waals surface area contributed by atoms with Crippen LogP contribution in [0.1, 0.15) is 5.56 Å². The molecule has 0 saturated carbocycles. The first-order valence-electron chi connectivity index (χ1n) is 5.44. The highest BCUT2D eigenvalue weighted by Crippen LogP contribution is 2.10. The minimum atomic E-state index is -0.808. The third kappa shape index (κ3) is 4.77. The van der Waals surface area contributed by atoms with E-state index in [1.807, 2.05) is 0 Å². The number of hydrogen-bond donors (Lipinski definition) is 2. The second kappa shape index (κ2) is 6.64. The second-order valence-electron chi connectivity index (χ2n) is 4.08.